The van der Waals surface area contributed by atoms with Crippen molar-refractivity contribution in [2.45, 2.75) is 18.6 Å². The molecule has 1 aromatic carbocycles. The van der Waals surface area contributed by atoms with Crippen LogP contribution in [0.25, 0.3) is 16.9 Å². The summed E-state index contributed by atoms with van der Waals surface area (Å²) < 4.78 is 6.26. The molecule has 3 heterocycles. The van der Waals surface area contributed by atoms with Gasteiger partial charge >= 0.3 is 5.69 Å². The molecule has 9 nitrogen and oxygen atoms in total. The van der Waals surface area contributed by atoms with Gasteiger partial charge in [0.05, 0.1) is 6.33 Å². The number of fused-ring (bicyclic) bond motifs is 1. The smallest absolute Gasteiger partial charge is 0.324 e. The summed E-state index contributed by atoms with van der Waals surface area (Å²) in [4.78, 5) is 28.8. The molecule has 0 N–H and O–H groups in total. The van der Waals surface area contributed by atoms with Gasteiger partial charge < -0.3 is 4.57 Å². The minimum absolute atomic E-state index is 0.344. The zero-order valence-electron chi connectivity index (χ0n) is 15.7. The van der Waals surface area contributed by atoms with Crippen molar-refractivity contribution in [1.82, 2.24) is 33.4 Å². The molecule has 0 aliphatic heterocycles. The van der Waals surface area contributed by atoms with Gasteiger partial charge in [-0.3, -0.25) is 18.5 Å². The van der Waals surface area contributed by atoms with Gasteiger partial charge in [0, 0.05) is 32.1 Å². The molecule has 0 bridgehead atoms. The molecule has 0 aliphatic carbocycles. The van der Waals surface area contributed by atoms with Crippen molar-refractivity contribution in [2.75, 3.05) is 5.75 Å². The molecule has 3 aromatic heterocycles. The Kier molecular flexibility index (Phi) is 4.63. The molecule has 0 aliphatic rings. The Hall–Kier alpha value is -3.14. The van der Waals surface area contributed by atoms with Crippen LogP contribution in [0, 0.1) is 6.92 Å². The lowest BCUT2D eigenvalue weighted by Gasteiger charge is -2.09. The van der Waals surface area contributed by atoms with Gasteiger partial charge in [-0.25, -0.2) is 9.78 Å². The highest BCUT2D eigenvalue weighted by molar-refractivity contribution is 7.99. The Labute approximate surface area is 164 Å². The zero-order chi connectivity index (χ0) is 19.8. The van der Waals surface area contributed by atoms with E-state index < -0.39 is 0 Å². The topological polar surface area (TPSA) is 92.5 Å². The number of aryl methyl sites for hydroxylation is 3. The van der Waals surface area contributed by atoms with E-state index in [2.05, 4.69) is 15.2 Å². The third-order valence-corrected chi connectivity index (χ3v) is 5.50. The van der Waals surface area contributed by atoms with Crippen molar-refractivity contribution < 1.29 is 0 Å². The summed E-state index contributed by atoms with van der Waals surface area (Å²) in [5.74, 6) is 1.48. The predicted molar refractivity (Wildman–Crippen MR) is 107 cm³/mol. The van der Waals surface area contributed by atoms with Crippen molar-refractivity contribution in [2.24, 2.45) is 14.1 Å². The standard InChI is InChI=1S/C18H19N7O2S/c1-12-20-21-17(25(12)13-7-5-4-6-8-13)28-10-9-24-11-19-15-14(24)16(26)23(3)18(27)22(15)2/h4-8,11H,9-10H2,1-3H3. The molecule has 4 aromatic rings. The maximum Gasteiger partial charge on any atom is 0.332 e. The molecule has 0 atom stereocenters. The fourth-order valence-electron chi connectivity index (χ4n) is 3.11. The first kappa shape index (κ1) is 18.2. The summed E-state index contributed by atoms with van der Waals surface area (Å²) in [6, 6.07) is 9.93. The minimum Gasteiger partial charge on any atom is -0.324 e. The molecular weight excluding hydrogens is 378 g/mol. The van der Waals surface area contributed by atoms with Crippen LogP contribution in [0.2, 0.25) is 0 Å². The van der Waals surface area contributed by atoms with E-state index in [0.717, 1.165) is 21.2 Å². The van der Waals surface area contributed by atoms with E-state index in [1.807, 2.05) is 41.8 Å². The molecule has 4 rings (SSSR count). The van der Waals surface area contributed by atoms with E-state index in [1.54, 1.807) is 29.7 Å². The van der Waals surface area contributed by atoms with Crippen LogP contribution >= 0.6 is 11.8 Å². The molecule has 0 spiro atoms. The summed E-state index contributed by atoms with van der Waals surface area (Å²) >= 11 is 1.55. The third-order valence-electron chi connectivity index (χ3n) is 4.59. The van der Waals surface area contributed by atoms with E-state index in [4.69, 9.17) is 0 Å². The highest BCUT2D eigenvalue weighted by Gasteiger charge is 2.15. The first-order valence-corrected chi connectivity index (χ1v) is 9.68. The molecular formula is C18H19N7O2S. The number of imidazole rings is 1. The van der Waals surface area contributed by atoms with Crippen molar-refractivity contribution >= 4 is 22.9 Å². The lowest BCUT2D eigenvalue weighted by atomic mass is 10.3. The summed E-state index contributed by atoms with van der Waals surface area (Å²) in [5, 5.41) is 9.24. The monoisotopic (exact) mass is 397 g/mol. The maximum atomic E-state index is 12.5. The fraction of sp³-hybridized carbons (Fsp3) is 0.278. The normalized spacial score (nSPS) is 11.4. The molecule has 0 amide bonds. The quantitative estimate of drug-likeness (QED) is 0.469. The van der Waals surface area contributed by atoms with Gasteiger partial charge in [-0.2, -0.15) is 0 Å². The summed E-state index contributed by atoms with van der Waals surface area (Å²) in [6.45, 7) is 2.47. The Morgan fingerprint density at radius 2 is 1.79 bits per heavy atom. The van der Waals surface area contributed by atoms with Gasteiger partial charge in [0.25, 0.3) is 5.56 Å². The average Bonchev–Trinajstić information content (AvgIpc) is 3.29. The van der Waals surface area contributed by atoms with Crippen LogP contribution in [0.5, 0.6) is 0 Å². The first-order valence-electron chi connectivity index (χ1n) is 8.70. The van der Waals surface area contributed by atoms with Crippen LogP contribution in [0.4, 0.5) is 0 Å². The molecule has 28 heavy (non-hydrogen) atoms. The minimum atomic E-state index is -0.386. The number of para-hydroxylation sites is 1. The maximum absolute atomic E-state index is 12.5. The first-order chi connectivity index (χ1) is 13.5. The van der Waals surface area contributed by atoms with Crippen molar-refractivity contribution in [3.05, 3.63) is 63.3 Å². The number of rotatable bonds is 5. The second-order valence-corrected chi connectivity index (χ2v) is 7.43. The average molecular weight is 397 g/mol. The van der Waals surface area contributed by atoms with Gasteiger partial charge in [0.1, 0.15) is 5.82 Å². The number of hydrogen-bond donors (Lipinski definition) is 0. The van der Waals surface area contributed by atoms with Crippen LogP contribution < -0.4 is 11.2 Å². The van der Waals surface area contributed by atoms with Gasteiger partial charge in [0.2, 0.25) is 0 Å². The summed E-state index contributed by atoms with van der Waals surface area (Å²) in [7, 11) is 3.09. The van der Waals surface area contributed by atoms with Crippen LogP contribution in [0.15, 0.2) is 51.4 Å². The molecule has 10 heteroatoms. The second-order valence-electron chi connectivity index (χ2n) is 6.37. The number of thioether (sulfide) groups is 1. The van der Waals surface area contributed by atoms with Crippen molar-refractivity contribution in [3.8, 4) is 5.69 Å². The molecule has 0 saturated heterocycles. The Morgan fingerprint density at radius 3 is 2.54 bits per heavy atom. The Morgan fingerprint density at radius 1 is 1.04 bits per heavy atom. The van der Waals surface area contributed by atoms with Crippen molar-refractivity contribution in [3.63, 3.8) is 0 Å². The largest absolute Gasteiger partial charge is 0.332 e. The fourth-order valence-corrected chi connectivity index (χ4v) is 4.05. The lowest BCUT2D eigenvalue weighted by molar-refractivity contribution is 0.700. The third kappa shape index (κ3) is 2.95. The summed E-state index contributed by atoms with van der Waals surface area (Å²) in [5.41, 5.74) is 1.09. The van der Waals surface area contributed by atoms with Gasteiger partial charge in [-0.05, 0) is 19.1 Å². The van der Waals surface area contributed by atoms with Crippen LogP contribution in [0.1, 0.15) is 5.82 Å². The van der Waals surface area contributed by atoms with Gasteiger partial charge in [-0.1, -0.05) is 30.0 Å². The van der Waals surface area contributed by atoms with Crippen LogP contribution in [-0.4, -0.2) is 39.2 Å². The van der Waals surface area contributed by atoms with Crippen LogP contribution in [-0.2, 0) is 20.6 Å². The Bertz CT molecular complexity index is 1270. The van der Waals surface area contributed by atoms with Gasteiger partial charge in [0.15, 0.2) is 16.3 Å². The Balaban J connectivity index is 1.60. The van der Waals surface area contributed by atoms with E-state index in [0.29, 0.717) is 23.5 Å². The molecule has 0 unspecified atom stereocenters. The molecule has 0 fully saturated rings. The highest BCUT2D eigenvalue weighted by atomic mass is 32.2. The van der Waals surface area contributed by atoms with E-state index in [9.17, 15) is 9.59 Å². The number of aromatic nitrogens is 7. The lowest BCUT2D eigenvalue weighted by Crippen LogP contribution is -2.37. The molecule has 0 saturated carbocycles. The SMILES string of the molecule is Cc1nnc(SCCn2cnc3c2c(=O)n(C)c(=O)n3C)n1-c1ccccc1. The van der Waals surface area contributed by atoms with Crippen LogP contribution in [0.3, 0.4) is 0 Å². The van der Waals surface area contributed by atoms with E-state index in [1.165, 1.54) is 11.6 Å². The predicted octanol–water partition coefficient (Wildman–Crippen LogP) is 1.12. The second kappa shape index (κ2) is 7.12. The molecule has 0 radical (unpaired) electrons. The number of nitrogens with zero attached hydrogens (tertiary/aromatic N) is 7. The van der Waals surface area contributed by atoms with Gasteiger partial charge in [-0.15, -0.1) is 10.2 Å². The summed E-state index contributed by atoms with van der Waals surface area (Å²) in [6.07, 6.45) is 1.60. The van der Waals surface area contributed by atoms with Crippen molar-refractivity contribution in [1.29, 1.82) is 0 Å². The molecule has 144 valence electrons. The van der Waals surface area contributed by atoms with E-state index >= 15 is 0 Å². The zero-order valence-corrected chi connectivity index (χ0v) is 16.6. The van der Waals surface area contributed by atoms with E-state index in [-0.39, 0.29) is 11.2 Å². The number of hydrogen-bond acceptors (Lipinski definition) is 6. The highest BCUT2D eigenvalue weighted by Crippen LogP contribution is 2.22. The number of benzene rings is 1.